The highest BCUT2D eigenvalue weighted by Crippen LogP contribution is 2.15. The van der Waals surface area contributed by atoms with E-state index in [1.165, 1.54) is 4.90 Å². The maximum Gasteiger partial charge on any atom is 0.369 e. The summed E-state index contributed by atoms with van der Waals surface area (Å²) < 4.78 is 5.50. The van der Waals surface area contributed by atoms with E-state index in [9.17, 15) is 4.79 Å². The number of nitrogens with two attached hydrogens (primary N) is 1. The molecule has 1 unspecified atom stereocenters. The van der Waals surface area contributed by atoms with Gasteiger partial charge in [-0.1, -0.05) is 37.6 Å². The second-order valence-corrected chi connectivity index (χ2v) is 7.05. The number of carbonyl (C=O) groups excluding carboxylic acids is 1. The SMILES string of the molecule is CC[NH+](CC)CC[NH2+]C(C(=O)OCCC(C)C)c1ccc(Cl)cc1.[Cl-].[Cl-]. The summed E-state index contributed by atoms with van der Waals surface area (Å²) in [5, 5.41) is 2.77. The van der Waals surface area contributed by atoms with Crippen molar-refractivity contribution in [3.8, 4) is 0 Å². The molecule has 0 saturated carbocycles. The van der Waals surface area contributed by atoms with Crippen LogP contribution < -0.4 is 35.0 Å². The number of nitrogens with one attached hydrogen (secondary N) is 1. The summed E-state index contributed by atoms with van der Waals surface area (Å²) in [4.78, 5) is 14.1. The van der Waals surface area contributed by atoms with Gasteiger partial charge in [0.2, 0.25) is 6.04 Å². The monoisotopic (exact) mass is 426 g/mol. The normalized spacial score (nSPS) is 11.7. The van der Waals surface area contributed by atoms with Gasteiger partial charge in [0.05, 0.1) is 19.7 Å². The van der Waals surface area contributed by atoms with E-state index < -0.39 is 0 Å². The molecule has 0 aromatic heterocycles. The Morgan fingerprint density at radius 2 is 1.73 bits per heavy atom. The van der Waals surface area contributed by atoms with Crippen LogP contribution in [0.25, 0.3) is 0 Å². The summed E-state index contributed by atoms with van der Waals surface area (Å²) in [5.74, 6) is 0.370. The van der Waals surface area contributed by atoms with Gasteiger partial charge in [-0.3, -0.25) is 0 Å². The van der Waals surface area contributed by atoms with Crippen LogP contribution in [0, 0.1) is 5.92 Å². The van der Waals surface area contributed by atoms with Gasteiger partial charge in [0, 0.05) is 10.6 Å². The van der Waals surface area contributed by atoms with Gasteiger partial charge in [0.1, 0.15) is 13.1 Å². The predicted octanol–water partition coefficient (Wildman–Crippen LogP) is -4.53. The lowest BCUT2D eigenvalue weighted by atomic mass is 10.1. The van der Waals surface area contributed by atoms with E-state index in [1.807, 2.05) is 24.3 Å². The van der Waals surface area contributed by atoms with Crippen LogP contribution in [0.1, 0.15) is 45.7 Å². The molecule has 7 heteroatoms. The van der Waals surface area contributed by atoms with E-state index in [0.29, 0.717) is 17.5 Å². The first-order chi connectivity index (χ1) is 11.5. The quantitative estimate of drug-likeness (QED) is 0.350. The van der Waals surface area contributed by atoms with Gasteiger partial charge < -0.3 is 39.8 Å². The molecule has 0 fully saturated rings. The Morgan fingerprint density at radius 1 is 1.15 bits per heavy atom. The molecule has 152 valence electrons. The third kappa shape index (κ3) is 10.6. The molecule has 0 radical (unpaired) electrons. The molecule has 3 N–H and O–H groups in total. The fourth-order valence-corrected chi connectivity index (χ4v) is 2.71. The molecule has 0 bridgehead atoms. The molecule has 26 heavy (non-hydrogen) atoms. The predicted molar refractivity (Wildman–Crippen MR) is 98.3 cm³/mol. The van der Waals surface area contributed by atoms with Crippen LogP contribution in [0.4, 0.5) is 0 Å². The molecule has 0 spiro atoms. The number of likely N-dealkylation sites (N-methyl/N-ethyl adjacent to an activating group) is 1. The number of esters is 1. The van der Waals surface area contributed by atoms with Crippen molar-refractivity contribution in [2.75, 3.05) is 32.8 Å². The average molecular weight is 428 g/mol. The van der Waals surface area contributed by atoms with Gasteiger partial charge >= 0.3 is 5.97 Å². The van der Waals surface area contributed by atoms with Crippen LogP contribution in [-0.2, 0) is 9.53 Å². The van der Waals surface area contributed by atoms with Crippen molar-refractivity contribution in [3.63, 3.8) is 0 Å². The van der Waals surface area contributed by atoms with Gasteiger partial charge in [-0.25, -0.2) is 4.79 Å². The van der Waals surface area contributed by atoms with E-state index >= 15 is 0 Å². The van der Waals surface area contributed by atoms with Gasteiger partial charge in [0.25, 0.3) is 0 Å². The smallest absolute Gasteiger partial charge is 0.369 e. The Bertz CT molecular complexity index is 480. The van der Waals surface area contributed by atoms with Crippen LogP contribution in [-0.4, -0.2) is 38.8 Å². The number of carbonyl (C=O) groups is 1. The average Bonchev–Trinajstić information content (AvgIpc) is 2.56. The highest BCUT2D eigenvalue weighted by Gasteiger charge is 2.26. The van der Waals surface area contributed by atoms with Crippen LogP contribution in [0.5, 0.6) is 0 Å². The molecule has 1 aromatic carbocycles. The molecule has 1 rings (SSSR count). The second-order valence-electron chi connectivity index (χ2n) is 6.61. The molecule has 0 aliphatic carbocycles. The lowest BCUT2D eigenvalue weighted by Crippen LogP contribution is -3.14. The van der Waals surface area contributed by atoms with E-state index in [0.717, 1.165) is 38.2 Å². The van der Waals surface area contributed by atoms with Crippen LogP contribution in [0.15, 0.2) is 24.3 Å². The topological polar surface area (TPSA) is 47.4 Å². The third-order valence-electron chi connectivity index (χ3n) is 4.32. The van der Waals surface area contributed by atoms with Gasteiger partial charge in [-0.05, 0) is 38.3 Å². The second kappa shape index (κ2) is 15.5. The first-order valence-corrected chi connectivity index (χ1v) is 9.44. The Hall–Kier alpha value is -0.520. The van der Waals surface area contributed by atoms with E-state index in [-0.39, 0.29) is 36.8 Å². The summed E-state index contributed by atoms with van der Waals surface area (Å²) >= 11 is 5.97. The lowest BCUT2D eigenvalue weighted by Gasteiger charge is -2.18. The Balaban J connectivity index is 0. The van der Waals surface area contributed by atoms with Crippen molar-refractivity contribution >= 4 is 17.6 Å². The van der Waals surface area contributed by atoms with Gasteiger partial charge in [-0.15, -0.1) is 0 Å². The molecular formula is C19H33Cl3N2O2. The largest absolute Gasteiger partial charge is 1.00 e. The van der Waals surface area contributed by atoms with Crippen molar-refractivity contribution in [1.29, 1.82) is 0 Å². The van der Waals surface area contributed by atoms with Crippen molar-refractivity contribution in [2.24, 2.45) is 5.92 Å². The summed E-state index contributed by atoms with van der Waals surface area (Å²) in [6.45, 7) is 13.3. The zero-order valence-electron chi connectivity index (χ0n) is 16.2. The van der Waals surface area contributed by atoms with E-state index in [1.54, 1.807) is 0 Å². The highest BCUT2D eigenvalue weighted by atomic mass is 35.5. The van der Waals surface area contributed by atoms with Crippen molar-refractivity contribution in [1.82, 2.24) is 0 Å². The summed E-state index contributed by atoms with van der Waals surface area (Å²) in [6.07, 6.45) is 0.892. The molecule has 0 saturated heterocycles. The van der Waals surface area contributed by atoms with Crippen LogP contribution in [0.2, 0.25) is 5.02 Å². The number of halogens is 3. The molecule has 4 nitrogen and oxygen atoms in total. The number of rotatable bonds is 11. The minimum atomic E-state index is -0.315. The molecule has 0 amide bonds. The zero-order valence-corrected chi connectivity index (χ0v) is 18.5. The minimum Gasteiger partial charge on any atom is -1.00 e. The maximum absolute atomic E-state index is 12.5. The molecule has 1 aromatic rings. The lowest BCUT2D eigenvalue weighted by molar-refractivity contribution is -0.910. The minimum absolute atomic E-state index is 0. The number of ether oxygens (including phenoxy) is 1. The zero-order chi connectivity index (χ0) is 17.9. The molecule has 0 aliphatic heterocycles. The summed E-state index contributed by atoms with van der Waals surface area (Å²) in [6, 6.07) is 7.17. The fraction of sp³-hybridized carbons (Fsp3) is 0.632. The molecular weight excluding hydrogens is 395 g/mol. The van der Waals surface area contributed by atoms with Crippen molar-refractivity contribution < 1.29 is 44.6 Å². The fourth-order valence-electron chi connectivity index (χ4n) is 2.58. The van der Waals surface area contributed by atoms with E-state index in [2.05, 4.69) is 33.0 Å². The summed E-state index contributed by atoms with van der Waals surface area (Å²) in [7, 11) is 0. The van der Waals surface area contributed by atoms with Gasteiger partial charge in [-0.2, -0.15) is 0 Å². The standard InChI is InChI=1S/C19H31ClN2O2.2ClH/c1-5-22(6-2)13-12-21-18(16-7-9-17(20)10-8-16)19(23)24-14-11-15(3)4;;/h7-10,15,18,21H,5-6,11-14H2,1-4H3;2*1H. The van der Waals surface area contributed by atoms with Crippen LogP contribution in [0.3, 0.4) is 0 Å². The molecule has 0 heterocycles. The van der Waals surface area contributed by atoms with Crippen molar-refractivity contribution in [2.45, 2.75) is 40.2 Å². The number of hydrogen-bond acceptors (Lipinski definition) is 2. The Kier molecular flexibility index (Phi) is 16.5. The molecule has 1 atom stereocenters. The molecule has 0 aliphatic rings. The Labute approximate surface area is 175 Å². The first kappa shape index (κ1) is 27.7. The third-order valence-corrected chi connectivity index (χ3v) is 4.57. The van der Waals surface area contributed by atoms with Gasteiger partial charge in [0.15, 0.2) is 0 Å². The summed E-state index contributed by atoms with van der Waals surface area (Å²) in [5.41, 5.74) is 0.948. The maximum atomic E-state index is 12.5. The highest BCUT2D eigenvalue weighted by molar-refractivity contribution is 6.30. The van der Waals surface area contributed by atoms with E-state index in [4.69, 9.17) is 16.3 Å². The number of benzene rings is 1. The number of quaternary nitrogens is 2. The van der Waals surface area contributed by atoms with Crippen molar-refractivity contribution in [3.05, 3.63) is 34.9 Å². The number of hydrogen-bond donors (Lipinski definition) is 2. The Morgan fingerprint density at radius 3 is 2.23 bits per heavy atom. The first-order valence-electron chi connectivity index (χ1n) is 9.06. The van der Waals surface area contributed by atoms with Crippen LogP contribution >= 0.6 is 11.6 Å².